The second-order valence-corrected chi connectivity index (χ2v) is 9.08. The van der Waals surface area contributed by atoms with Crippen molar-refractivity contribution in [3.05, 3.63) is 41.5 Å². The van der Waals surface area contributed by atoms with Crippen LogP contribution in [0.15, 0.2) is 35.9 Å². The van der Waals surface area contributed by atoms with E-state index < -0.39 is 22.5 Å². The Hall–Kier alpha value is -2.18. The molecular weight excluding hydrogens is 344 g/mol. The highest BCUT2D eigenvalue weighted by atomic mass is 16.5. The van der Waals surface area contributed by atoms with Crippen LogP contribution >= 0.6 is 0 Å². The molecule has 5 fully saturated rings. The van der Waals surface area contributed by atoms with Gasteiger partial charge in [-0.15, -0.1) is 0 Å². The van der Waals surface area contributed by atoms with Crippen LogP contribution < -0.4 is 5.32 Å². The number of aliphatic carboxylic acids is 1. The molecule has 7 rings (SSSR count). The van der Waals surface area contributed by atoms with Crippen LogP contribution in [-0.2, 0) is 19.7 Å². The van der Waals surface area contributed by atoms with Gasteiger partial charge in [0, 0.05) is 12.1 Å². The van der Waals surface area contributed by atoms with E-state index in [-0.39, 0.29) is 24.3 Å². The van der Waals surface area contributed by atoms with Gasteiger partial charge in [-0.2, -0.15) is 0 Å². The smallest absolute Gasteiger partial charge is 0.314 e. The Labute approximate surface area is 157 Å². The van der Waals surface area contributed by atoms with E-state index >= 15 is 0 Å². The number of benzene rings is 1. The number of Topliss-reactive ketones (excluding diaryl/α,β-unsaturated/α-hetero) is 1. The molecule has 1 unspecified atom stereocenters. The Balaban J connectivity index is 1.79. The number of ketones is 1. The SMILES string of the molecule is C/C=C1/C[N+]2(C)CC[C@@]34c5ccccc5N[C@]35OC[C@@]4(C(=O)O)[C@H]1[C@H]2C5=O. The average Bonchev–Trinajstić information content (AvgIpc) is 3.14. The fourth-order valence-corrected chi connectivity index (χ4v) is 7.44. The number of anilines is 1. The van der Waals surface area contributed by atoms with Gasteiger partial charge >= 0.3 is 5.97 Å². The first-order chi connectivity index (χ1) is 12.9. The lowest BCUT2D eigenvalue weighted by Gasteiger charge is -2.50. The highest BCUT2D eigenvalue weighted by molar-refractivity contribution is 6.04. The quantitative estimate of drug-likeness (QED) is 0.582. The first-order valence-electron chi connectivity index (χ1n) is 9.67. The molecule has 6 bridgehead atoms. The van der Waals surface area contributed by atoms with Gasteiger partial charge in [0.2, 0.25) is 11.5 Å². The number of hydrogen-bond donors (Lipinski definition) is 2. The fourth-order valence-electron chi connectivity index (χ4n) is 7.44. The number of carbonyl (C=O) groups excluding carboxylic acids is 1. The maximum atomic E-state index is 14.0. The van der Waals surface area contributed by atoms with Gasteiger partial charge in [-0.25, -0.2) is 0 Å². The highest BCUT2D eigenvalue weighted by Crippen LogP contribution is 2.74. The summed E-state index contributed by atoms with van der Waals surface area (Å²) in [5, 5.41) is 14.1. The van der Waals surface area contributed by atoms with Crippen molar-refractivity contribution in [2.75, 3.05) is 32.1 Å². The topological polar surface area (TPSA) is 75.6 Å². The van der Waals surface area contributed by atoms with E-state index in [4.69, 9.17) is 4.74 Å². The normalized spacial score (nSPS) is 49.7. The molecule has 5 heterocycles. The second kappa shape index (κ2) is 4.28. The third kappa shape index (κ3) is 1.26. The molecule has 1 saturated carbocycles. The van der Waals surface area contributed by atoms with Crippen molar-refractivity contribution in [2.24, 2.45) is 11.3 Å². The maximum absolute atomic E-state index is 14.0. The lowest BCUT2D eigenvalue weighted by Crippen LogP contribution is -2.72. The van der Waals surface area contributed by atoms with E-state index in [1.807, 2.05) is 37.3 Å². The third-order valence-corrected chi connectivity index (χ3v) is 8.40. The van der Waals surface area contributed by atoms with Gasteiger partial charge in [0.1, 0.15) is 12.0 Å². The molecule has 0 amide bonds. The Morgan fingerprint density at radius 1 is 1.41 bits per heavy atom. The molecule has 5 aliphatic heterocycles. The number of carboxylic acids is 1. The summed E-state index contributed by atoms with van der Waals surface area (Å²) in [6.07, 6.45) is 2.67. The van der Waals surface area contributed by atoms with Crippen LogP contribution in [0, 0.1) is 11.3 Å². The zero-order valence-corrected chi connectivity index (χ0v) is 15.5. The summed E-state index contributed by atoms with van der Waals surface area (Å²) in [7, 11) is 2.11. The number of allylic oxidation sites excluding steroid dienone is 1. The molecule has 1 spiro atoms. The molecule has 0 aromatic heterocycles. The number of rotatable bonds is 1. The van der Waals surface area contributed by atoms with Gasteiger partial charge in [-0.05, 0) is 24.1 Å². The van der Waals surface area contributed by atoms with Crippen molar-refractivity contribution in [3.8, 4) is 0 Å². The largest absolute Gasteiger partial charge is 0.481 e. The lowest BCUT2D eigenvalue weighted by molar-refractivity contribution is -0.911. The lowest BCUT2D eigenvalue weighted by atomic mass is 9.46. The van der Waals surface area contributed by atoms with Gasteiger partial charge in [0.15, 0.2) is 6.04 Å². The third-order valence-electron chi connectivity index (χ3n) is 8.40. The van der Waals surface area contributed by atoms with Gasteiger partial charge < -0.3 is 19.6 Å². The molecule has 6 heteroatoms. The van der Waals surface area contributed by atoms with Crippen molar-refractivity contribution in [2.45, 2.75) is 30.5 Å². The monoisotopic (exact) mass is 367 g/mol. The molecule has 27 heavy (non-hydrogen) atoms. The molecule has 6 aliphatic rings. The zero-order chi connectivity index (χ0) is 18.8. The van der Waals surface area contributed by atoms with Crippen LogP contribution in [0.2, 0.25) is 0 Å². The minimum absolute atomic E-state index is 0.0370. The zero-order valence-electron chi connectivity index (χ0n) is 15.5. The molecule has 4 saturated heterocycles. The minimum atomic E-state index is -1.25. The molecule has 1 aromatic rings. The Kier molecular flexibility index (Phi) is 2.51. The Bertz CT molecular complexity index is 973. The van der Waals surface area contributed by atoms with Crippen molar-refractivity contribution in [3.63, 3.8) is 0 Å². The molecular formula is C21H23N2O4+. The van der Waals surface area contributed by atoms with E-state index in [0.29, 0.717) is 10.9 Å². The first-order valence-corrected chi connectivity index (χ1v) is 9.67. The number of ether oxygens (including phenoxy) is 1. The number of para-hydroxylation sites is 1. The number of hydrogen-bond acceptors (Lipinski definition) is 4. The summed E-state index contributed by atoms with van der Waals surface area (Å²) in [4.78, 5) is 27.0. The molecule has 1 aromatic carbocycles. The molecule has 2 N–H and O–H groups in total. The number of fused-ring (bicyclic) bond motifs is 2. The van der Waals surface area contributed by atoms with Crippen LogP contribution in [0.5, 0.6) is 0 Å². The molecule has 0 radical (unpaired) electrons. The van der Waals surface area contributed by atoms with E-state index in [1.165, 1.54) is 0 Å². The van der Waals surface area contributed by atoms with Crippen molar-refractivity contribution in [1.82, 2.24) is 0 Å². The van der Waals surface area contributed by atoms with Gasteiger partial charge in [-0.3, -0.25) is 9.59 Å². The number of carbonyl (C=O) groups is 2. The van der Waals surface area contributed by atoms with Gasteiger partial charge in [-0.1, -0.05) is 24.3 Å². The predicted molar refractivity (Wildman–Crippen MR) is 97.1 cm³/mol. The number of quaternary nitrogens is 1. The summed E-state index contributed by atoms with van der Waals surface area (Å²) in [6.45, 7) is 3.57. The van der Waals surface area contributed by atoms with E-state index in [1.54, 1.807) is 0 Å². The van der Waals surface area contributed by atoms with E-state index in [9.17, 15) is 14.7 Å². The van der Waals surface area contributed by atoms with Crippen molar-refractivity contribution in [1.29, 1.82) is 0 Å². The van der Waals surface area contributed by atoms with Crippen molar-refractivity contribution < 1.29 is 23.9 Å². The number of carboxylic acid groups (broad SMARTS) is 1. The Morgan fingerprint density at radius 2 is 2.19 bits per heavy atom. The summed E-state index contributed by atoms with van der Waals surface area (Å²) in [5.41, 5.74) is -0.372. The average molecular weight is 367 g/mol. The molecule has 6 nitrogen and oxygen atoms in total. The second-order valence-electron chi connectivity index (χ2n) is 9.08. The number of nitrogens with zero attached hydrogens (tertiary/aromatic N) is 1. The Morgan fingerprint density at radius 3 is 2.93 bits per heavy atom. The standard InChI is InChI=1S/C21H22N2O4/c1-3-12-10-23(2)9-8-20-13-6-4-5-7-14(13)22-21(20)17(24)16(23)15(12)19(20,11-27-21)18(25)26/h3-7,15-16,22H,8-11H2,1-2H3/p+1/b12-3-/t15-,16+,19+,20+,21-,23?/m1/s1. The summed E-state index contributed by atoms with van der Waals surface area (Å²) >= 11 is 0. The first kappa shape index (κ1) is 15.8. The van der Waals surface area contributed by atoms with Crippen LogP contribution in [0.3, 0.4) is 0 Å². The van der Waals surface area contributed by atoms with Crippen LogP contribution in [0.1, 0.15) is 18.9 Å². The summed E-state index contributed by atoms with van der Waals surface area (Å²) < 4.78 is 6.86. The molecule has 140 valence electrons. The predicted octanol–water partition coefficient (Wildman–Crippen LogP) is 1.53. The van der Waals surface area contributed by atoms with Crippen molar-refractivity contribution >= 4 is 17.4 Å². The summed E-state index contributed by atoms with van der Waals surface area (Å²) in [5.74, 6) is -1.11. The molecule has 6 atom stereocenters. The number of likely N-dealkylation sites (N-methyl/N-ethyl adjacent to an activating group) is 1. The van der Waals surface area contributed by atoms with Crippen LogP contribution in [0.25, 0.3) is 0 Å². The fraction of sp³-hybridized carbons (Fsp3) is 0.524. The molecule has 1 aliphatic carbocycles. The highest BCUT2D eigenvalue weighted by Gasteiger charge is 2.90. The van der Waals surface area contributed by atoms with Crippen LogP contribution in [-0.4, -0.2) is 59.9 Å². The number of nitrogens with one attached hydrogen (secondary N) is 1. The van der Waals surface area contributed by atoms with Gasteiger partial charge in [0.05, 0.1) is 31.5 Å². The maximum Gasteiger partial charge on any atom is 0.314 e. The van der Waals surface area contributed by atoms with E-state index in [2.05, 4.69) is 12.4 Å². The van der Waals surface area contributed by atoms with Crippen LogP contribution in [0.4, 0.5) is 5.69 Å². The van der Waals surface area contributed by atoms with Gasteiger partial charge in [0.25, 0.3) is 0 Å². The van der Waals surface area contributed by atoms with E-state index in [0.717, 1.165) is 29.9 Å². The summed E-state index contributed by atoms with van der Waals surface area (Å²) in [6, 6.07) is 7.42. The minimum Gasteiger partial charge on any atom is -0.481 e.